The van der Waals surface area contributed by atoms with Crippen molar-refractivity contribution in [3.05, 3.63) is 59.4 Å². The fourth-order valence-electron chi connectivity index (χ4n) is 3.45. The highest BCUT2D eigenvalue weighted by Gasteiger charge is 2.42. The highest BCUT2D eigenvalue weighted by Crippen LogP contribution is 2.42. The number of likely N-dealkylation sites (tertiary alicyclic amines) is 1. The lowest BCUT2D eigenvalue weighted by atomic mass is 10.0. The summed E-state index contributed by atoms with van der Waals surface area (Å²) in [4.78, 5) is 14.3. The van der Waals surface area contributed by atoms with E-state index in [0.29, 0.717) is 43.9 Å². The molecule has 2 aromatic carbocycles. The maximum absolute atomic E-state index is 13.0. The van der Waals surface area contributed by atoms with Crippen LogP contribution in [0.4, 0.5) is 4.39 Å². The van der Waals surface area contributed by atoms with Gasteiger partial charge in [-0.25, -0.2) is 4.39 Å². The van der Waals surface area contributed by atoms with Gasteiger partial charge < -0.3 is 19.1 Å². The van der Waals surface area contributed by atoms with Crippen molar-refractivity contribution in [2.24, 2.45) is 0 Å². The number of hydrogen-bond donors (Lipinski definition) is 0. The van der Waals surface area contributed by atoms with Gasteiger partial charge in [0, 0.05) is 37.1 Å². The number of rotatable bonds is 2. The number of carbonyl (C=O) groups is 1. The first-order valence-electron chi connectivity index (χ1n) is 8.64. The van der Waals surface area contributed by atoms with Crippen LogP contribution < -0.4 is 9.47 Å². The number of methoxy groups -OCH3 is 1. The molecule has 136 valence electrons. The molecule has 2 heterocycles. The molecule has 0 bridgehead atoms. The molecule has 2 aliphatic rings. The van der Waals surface area contributed by atoms with E-state index in [0.717, 1.165) is 11.3 Å². The van der Waals surface area contributed by atoms with Gasteiger partial charge in [0.2, 0.25) is 5.79 Å². The first-order valence-corrected chi connectivity index (χ1v) is 8.64. The van der Waals surface area contributed by atoms with E-state index >= 15 is 0 Å². The topological polar surface area (TPSA) is 48.0 Å². The van der Waals surface area contributed by atoms with Crippen molar-refractivity contribution in [1.82, 2.24) is 4.90 Å². The van der Waals surface area contributed by atoms with E-state index in [1.165, 1.54) is 24.3 Å². The van der Waals surface area contributed by atoms with Gasteiger partial charge >= 0.3 is 0 Å². The van der Waals surface area contributed by atoms with Gasteiger partial charge in [-0.05, 0) is 30.3 Å². The molecule has 6 heteroatoms. The number of hydrogen-bond acceptors (Lipinski definition) is 4. The van der Waals surface area contributed by atoms with E-state index < -0.39 is 5.79 Å². The molecule has 1 spiro atoms. The molecule has 5 nitrogen and oxygen atoms in total. The number of para-hydroxylation sites is 1. The molecule has 1 saturated heterocycles. The quantitative estimate of drug-likeness (QED) is 0.827. The van der Waals surface area contributed by atoms with Crippen molar-refractivity contribution < 1.29 is 23.4 Å². The standard InChI is InChI=1S/C20H20FNO4/c1-24-17-4-2-3-15-13-25-20(26-18(15)17)9-11-22(12-10-20)19(23)14-5-7-16(21)8-6-14/h2-8H,9-13H2,1H3. The van der Waals surface area contributed by atoms with Crippen molar-refractivity contribution in [3.8, 4) is 11.5 Å². The van der Waals surface area contributed by atoms with Gasteiger partial charge in [0.25, 0.3) is 5.91 Å². The second-order valence-corrected chi connectivity index (χ2v) is 6.55. The highest BCUT2D eigenvalue weighted by molar-refractivity contribution is 5.94. The third-order valence-corrected chi connectivity index (χ3v) is 4.96. The number of amides is 1. The molecule has 0 saturated carbocycles. The zero-order valence-corrected chi connectivity index (χ0v) is 14.5. The second-order valence-electron chi connectivity index (χ2n) is 6.55. The lowest BCUT2D eigenvalue weighted by Gasteiger charge is -2.44. The Morgan fingerprint density at radius 3 is 2.58 bits per heavy atom. The van der Waals surface area contributed by atoms with Crippen LogP contribution in [0.15, 0.2) is 42.5 Å². The smallest absolute Gasteiger partial charge is 0.253 e. The van der Waals surface area contributed by atoms with Crippen molar-refractivity contribution in [2.75, 3.05) is 20.2 Å². The average molecular weight is 357 g/mol. The predicted octanol–water partition coefficient (Wildman–Crippen LogP) is 3.38. The minimum atomic E-state index is -0.735. The summed E-state index contributed by atoms with van der Waals surface area (Å²) in [7, 11) is 1.62. The van der Waals surface area contributed by atoms with E-state index in [1.807, 2.05) is 18.2 Å². The van der Waals surface area contributed by atoms with Crippen molar-refractivity contribution in [1.29, 1.82) is 0 Å². The lowest BCUT2D eigenvalue weighted by Crippen LogP contribution is -2.52. The molecule has 4 rings (SSSR count). The summed E-state index contributed by atoms with van der Waals surface area (Å²) >= 11 is 0. The summed E-state index contributed by atoms with van der Waals surface area (Å²) in [5.41, 5.74) is 1.44. The number of fused-ring (bicyclic) bond motifs is 1. The minimum Gasteiger partial charge on any atom is -0.493 e. The summed E-state index contributed by atoms with van der Waals surface area (Å²) < 4.78 is 30.7. The molecule has 1 amide bonds. The Balaban J connectivity index is 1.46. The SMILES string of the molecule is COc1cccc2c1OC1(CCN(C(=O)c3ccc(F)cc3)CC1)OC2. The fourth-order valence-corrected chi connectivity index (χ4v) is 3.45. The van der Waals surface area contributed by atoms with Gasteiger partial charge in [-0.1, -0.05) is 12.1 Å². The average Bonchev–Trinajstić information content (AvgIpc) is 2.68. The Labute approximate surface area is 151 Å². The van der Waals surface area contributed by atoms with Crippen LogP contribution in [0.25, 0.3) is 0 Å². The van der Waals surface area contributed by atoms with E-state index in [2.05, 4.69) is 0 Å². The van der Waals surface area contributed by atoms with Crippen molar-refractivity contribution in [3.63, 3.8) is 0 Å². The zero-order chi connectivity index (χ0) is 18.1. The van der Waals surface area contributed by atoms with Crippen LogP contribution in [-0.4, -0.2) is 36.8 Å². The number of halogens is 1. The van der Waals surface area contributed by atoms with Crippen molar-refractivity contribution in [2.45, 2.75) is 25.2 Å². The molecular weight excluding hydrogens is 337 g/mol. The maximum Gasteiger partial charge on any atom is 0.253 e. The molecule has 26 heavy (non-hydrogen) atoms. The third kappa shape index (κ3) is 3.01. The first-order chi connectivity index (χ1) is 12.6. The molecule has 0 aromatic heterocycles. The zero-order valence-electron chi connectivity index (χ0n) is 14.5. The fraction of sp³-hybridized carbons (Fsp3) is 0.350. The number of benzene rings is 2. The van der Waals surface area contributed by atoms with Crippen LogP contribution in [-0.2, 0) is 11.3 Å². The van der Waals surface area contributed by atoms with Crippen molar-refractivity contribution >= 4 is 5.91 Å². The summed E-state index contributed by atoms with van der Waals surface area (Å²) in [6, 6.07) is 11.4. The summed E-state index contributed by atoms with van der Waals surface area (Å²) in [5, 5.41) is 0. The monoisotopic (exact) mass is 357 g/mol. The molecule has 1 fully saturated rings. The summed E-state index contributed by atoms with van der Waals surface area (Å²) in [6.45, 7) is 1.49. The lowest BCUT2D eigenvalue weighted by molar-refractivity contribution is -0.226. The van der Waals surface area contributed by atoms with Gasteiger partial charge in [-0.2, -0.15) is 0 Å². The Kier molecular flexibility index (Phi) is 4.28. The molecule has 2 aliphatic heterocycles. The van der Waals surface area contributed by atoms with E-state index in [1.54, 1.807) is 12.0 Å². The second kappa shape index (κ2) is 6.61. The Hall–Kier alpha value is -2.60. The number of piperidine rings is 1. The van der Waals surface area contributed by atoms with Gasteiger partial charge in [0.15, 0.2) is 11.5 Å². The van der Waals surface area contributed by atoms with Crippen LogP contribution in [0, 0.1) is 5.82 Å². The molecule has 0 atom stereocenters. The van der Waals surface area contributed by atoms with Gasteiger partial charge in [-0.15, -0.1) is 0 Å². The third-order valence-electron chi connectivity index (χ3n) is 4.96. The van der Waals surface area contributed by atoms with E-state index in [9.17, 15) is 9.18 Å². The summed E-state index contributed by atoms with van der Waals surface area (Å²) in [6.07, 6.45) is 1.13. The van der Waals surface area contributed by atoms with Crippen LogP contribution in [0.5, 0.6) is 11.5 Å². The van der Waals surface area contributed by atoms with E-state index in [-0.39, 0.29) is 11.7 Å². The molecule has 2 aromatic rings. The van der Waals surface area contributed by atoms with E-state index in [4.69, 9.17) is 14.2 Å². The first kappa shape index (κ1) is 16.8. The predicted molar refractivity (Wildman–Crippen MR) is 92.7 cm³/mol. The normalized spacial score (nSPS) is 18.2. The Morgan fingerprint density at radius 2 is 1.88 bits per heavy atom. The molecule has 0 N–H and O–H groups in total. The van der Waals surface area contributed by atoms with Crippen LogP contribution >= 0.6 is 0 Å². The molecule has 0 aliphatic carbocycles. The Morgan fingerprint density at radius 1 is 1.15 bits per heavy atom. The molecule has 0 unspecified atom stereocenters. The molecule has 0 radical (unpaired) electrons. The van der Waals surface area contributed by atoms with Crippen LogP contribution in [0.1, 0.15) is 28.8 Å². The highest BCUT2D eigenvalue weighted by atomic mass is 19.1. The Bertz CT molecular complexity index is 799. The van der Waals surface area contributed by atoms with Gasteiger partial charge in [0.05, 0.1) is 13.7 Å². The molecular formula is C20H20FNO4. The number of carbonyl (C=O) groups excluding carboxylic acids is 1. The maximum atomic E-state index is 13.0. The van der Waals surface area contributed by atoms with Gasteiger partial charge in [0.1, 0.15) is 5.82 Å². The van der Waals surface area contributed by atoms with Crippen LogP contribution in [0.2, 0.25) is 0 Å². The minimum absolute atomic E-state index is 0.103. The number of ether oxygens (including phenoxy) is 3. The number of nitrogens with zero attached hydrogens (tertiary/aromatic N) is 1. The van der Waals surface area contributed by atoms with Gasteiger partial charge in [-0.3, -0.25) is 4.79 Å². The largest absolute Gasteiger partial charge is 0.493 e. The summed E-state index contributed by atoms with van der Waals surface area (Å²) in [5.74, 6) is 0.222. The van der Waals surface area contributed by atoms with Crippen LogP contribution in [0.3, 0.4) is 0 Å².